The first-order chi connectivity index (χ1) is 9.32. The van der Waals surface area contributed by atoms with Gasteiger partial charge in [0.05, 0.1) is 4.90 Å². The third kappa shape index (κ3) is 5.71. The molecule has 3 N–H and O–H groups in total. The van der Waals surface area contributed by atoms with Crippen molar-refractivity contribution in [2.24, 2.45) is 5.14 Å². The molecule has 6 heteroatoms. The van der Waals surface area contributed by atoms with Crippen molar-refractivity contribution in [2.45, 2.75) is 50.5 Å². The average Bonchev–Trinajstić information content (AvgIpc) is 2.36. The van der Waals surface area contributed by atoms with E-state index < -0.39 is 10.0 Å². The Labute approximate surface area is 120 Å². The second-order valence-corrected chi connectivity index (χ2v) is 6.51. The molecule has 5 nitrogen and oxygen atoms in total. The third-order valence-electron chi connectivity index (χ3n) is 3.00. The maximum atomic E-state index is 11.4. The van der Waals surface area contributed by atoms with E-state index in [4.69, 9.17) is 5.14 Å². The van der Waals surface area contributed by atoms with Crippen molar-refractivity contribution in [3.8, 4) is 0 Å². The van der Waals surface area contributed by atoms with Crippen LogP contribution in [0, 0.1) is 0 Å². The monoisotopic (exact) mass is 298 g/mol. The van der Waals surface area contributed by atoms with E-state index in [0.29, 0.717) is 6.42 Å². The van der Waals surface area contributed by atoms with Crippen LogP contribution in [0.3, 0.4) is 0 Å². The molecule has 0 bridgehead atoms. The number of amides is 1. The van der Waals surface area contributed by atoms with E-state index in [1.54, 1.807) is 12.1 Å². The summed E-state index contributed by atoms with van der Waals surface area (Å²) in [5, 5.41) is 7.97. The van der Waals surface area contributed by atoms with E-state index in [1.165, 1.54) is 12.1 Å². The van der Waals surface area contributed by atoms with E-state index in [0.717, 1.165) is 24.8 Å². The number of carbonyl (C=O) groups excluding carboxylic acids is 1. The van der Waals surface area contributed by atoms with Gasteiger partial charge in [-0.1, -0.05) is 19.1 Å². The van der Waals surface area contributed by atoms with E-state index in [2.05, 4.69) is 5.32 Å². The highest BCUT2D eigenvalue weighted by atomic mass is 32.2. The van der Waals surface area contributed by atoms with Crippen LogP contribution in [0.15, 0.2) is 29.2 Å². The molecule has 0 aliphatic carbocycles. The molecule has 0 saturated carbocycles. The molecule has 1 aromatic rings. The summed E-state index contributed by atoms with van der Waals surface area (Å²) < 4.78 is 22.2. The van der Waals surface area contributed by atoms with Crippen LogP contribution in [0.25, 0.3) is 0 Å². The van der Waals surface area contributed by atoms with Gasteiger partial charge in [0.2, 0.25) is 15.9 Å². The Bertz CT molecular complexity index is 538. The number of carbonyl (C=O) groups is 1. The highest BCUT2D eigenvalue weighted by molar-refractivity contribution is 7.89. The number of nitrogens with two attached hydrogens (primary N) is 1. The largest absolute Gasteiger partial charge is 0.354 e. The van der Waals surface area contributed by atoms with Gasteiger partial charge in [-0.05, 0) is 43.9 Å². The molecule has 1 atom stereocenters. The standard InChI is InChI=1S/C14H22N2O3S/c1-3-4-14(17)16-11(2)5-6-12-7-9-13(10-8-12)20(15,18)19/h7-11H,3-6H2,1-2H3,(H,16,17)(H2,15,18,19). The zero-order valence-corrected chi connectivity index (χ0v) is 12.7. The lowest BCUT2D eigenvalue weighted by molar-refractivity contribution is -0.121. The Kier molecular flexibility index (Phi) is 6.16. The first kappa shape index (κ1) is 16.7. The minimum absolute atomic E-state index is 0.0737. The molecule has 0 aliphatic heterocycles. The molecule has 20 heavy (non-hydrogen) atoms. The molecule has 0 heterocycles. The van der Waals surface area contributed by atoms with Crippen LogP contribution in [-0.4, -0.2) is 20.4 Å². The molecule has 1 rings (SSSR count). The maximum absolute atomic E-state index is 11.4. The van der Waals surface area contributed by atoms with Gasteiger partial charge >= 0.3 is 0 Å². The number of benzene rings is 1. The molecule has 0 fully saturated rings. The number of hydrogen-bond acceptors (Lipinski definition) is 3. The van der Waals surface area contributed by atoms with Crippen molar-refractivity contribution in [3.05, 3.63) is 29.8 Å². The highest BCUT2D eigenvalue weighted by Crippen LogP contribution is 2.11. The fourth-order valence-corrected chi connectivity index (χ4v) is 2.39. The number of rotatable bonds is 7. The van der Waals surface area contributed by atoms with Crippen molar-refractivity contribution in [3.63, 3.8) is 0 Å². The van der Waals surface area contributed by atoms with Crippen LogP contribution in [0.2, 0.25) is 0 Å². The highest BCUT2D eigenvalue weighted by Gasteiger charge is 2.09. The van der Waals surface area contributed by atoms with Gasteiger partial charge in [-0.15, -0.1) is 0 Å². The number of primary sulfonamides is 1. The molecular formula is C14H22N2O3S. The van der Waals surface area contributed by atoms with Crippen molar-refractivity contribution < 1.29 is 13.2 Å². The first-order valence-corrected chi connectivity index (χ1v) is 8.28. The lowest BCUT2D eigenvalue weighted by Gasteiger charge is -2.13. The van der Waals surface area contributed by atoms with Crippen LogP contribution in [0.1, 0.15) is 38.7 Å². The van der Waals surface area contributed by atoms with Gasteiger partial charge in [0.15, 0.2) is 0 Å². The quantitative estimate of drug-likeness (QED) is 0.800. The summed E-state index contributed by atoms with van der Waals surface area (Å²) in [5.41, 5.74) is 1.02. The van der Waals surface area contributed by atoms with Gasteiger partial charge in [0.1, 0.15) is 0 Å². The summed E-state index contributed by atoms with van der Waals surface area (Å²) in [5.74, 6) is 0.0737. The molecule has 1 aromatic carbocycles. The van der Waals surface area contributed by atoms with E-state index in [-0.39, 0.29) is 16.8 Å². The minimum atomic E-state index is -3.63. The van der Waals surface area contributed by atoms with Crippen LogP contribution in [0.5, 0.6) is 0 Å². The van der Waals surface area contributed by atoms with Crippen molar-refractivity contribution in [2.75, 3.05) is 0 Å². The summed E-state index contributed by atoms with van der Waals surface area (Å²) >= 11 is 0. The normalized spacial score (nSPS) is 12.9. The minimum Gasteiger partial charge on any atom is -0.354 e. The van der Waals surface area contributed by atoms with Crippen LogP contribution in [0.4, 0.5) is 0 Å². The Morgan fingerprint density at radius 3 is 2.40 bits per heavy atom. The lowest BCUT2D eigenvalue weighted by atomic mass is 10.1. The second kappa shape index (κ2) is 7.40. The summed E-state index contributed by atoms with van der Waals surface area (Å²) in [4.78, 5) is 11.5. The summed E-state index contributed by atoms with van der Waals surface area (Å²) in [6.45, 7) is 3.93. The van der Waals surface area contributed by atoms with Crippen molar-refractivity contribution in [1.82, 2.24) is 5.32 Å². The summed E-state index contributed by atoms with van der Waals surface area (Å²) in [6.07, 6.45) is 2.98. The number of hydrogen-bond donors (Lipinski definition) is 2. The molecule has 112 valence electrons. The van der Waals surface area contributed by atoms with Gasteiger partial charge in [-0.25, -0.2) is 13.6 Å². The molecular weight excluding hydrogens is 276 g/mol. The Balaban J connectivity index is 2.48. The van der Waals surface area contributed by atoms with Crippen LogP contribution >= 0.6 is 0 Å². The van der Waals surface area contributed by atoms with Crippen LogP contribution in [-0.2, 0) is 21.2 Å². The molecule has 1 unspecified atom stereocenters. The Hall–Kier alpha value is -1.40. The van der Waals surface area contributed by atoms with E-state index in [1.807, 2.05) is 13.8 Å². The summed E-state index contributed by atoms with van der Waals surface area (Å²) in [6, 6.07) is 6.61. The van der Waals surface area contributed by atoms with Gasteiger partial charge in [-0.2, -0.15) is 0 Å². The topological polar surface area (TPSA) is 89.3 Å². The molecule has 1 amide bonds. The molecule has 0 radical (unpaired) electrons. The van der Waals surface area contributed by atoms with Crippen LogP contribution < -0.4 is 10.5 Å². The predicted molar refractivity (Wildman–Crippen MR) is 78.6 cm³/mol. The molecule has 0 aromatic heterocycles. The van der Waals surface area contributed by atoms with E-state index in [9.17, 15) is 13.2 Å². The van der Waals surface area contributed by atoms with Gasteiger partial charge in [0.25, 0.3) is 0 Å². The maximum Gasteiger partial charge on any atom is 0.238 e. The summed E-state index contributed by atoms with van der Waals surface area (Å²) in [7, 11) is -3.63. The number of aryl methyl sites for hydroxylation is 1. The molecule has 0 aliphatic rings. The fourth-order valence-electron chi connectivity index (χ4n) is 1.88. The lowest BCUT2D eigenvalue weighted by Crippen LogP contribution is -2.32. The third-order valence-corrected chi connectivity index (χ3v) is 3.93. The van der Waals surface area contributed by atoms with E-state index >= 15 is 0 Å². The number of sulfonamides is 1. The first-order valence-electron chi connectivity index (χ1n) is 6.74. The Morgan fingerprint density at radius 1 is 1.30 bits per heavy atom. The number of nitrogens with one attached hydrogen (secondary N) is 1. The van der Waals surface area contributed by atoms with Crippen molar-refractivity contribution in [1.29, 1.82) is 0 Å². The van der Waals surface area contributed by atoms with Gasteiger partial charge < -0.3 is 5.32 Å². The zero-order chi connectivity index (χ0) is 15.2. The molecule has 0 spiro atoms. The van der Waals surface area contributed by atoms with Crippen molar-refractivity contribution >= 4 is 15.9 Å². The zero-order valence-electron chi connectivity index (χ0n) is 11.9. The SMILES string of the molecule is CCCC(=O)NC(C)CCc1ccc(S(N)(=O)=O)cc1. The Morgan fingerprint density at radius 2 is 1.90 bits per heavy atom. The molecule has 0 saturated heterocycles. The predicted octanol–water partition coefficient (Wildman–Crippen LogP) is 1.57. The second-order valence-electron chi connectivity index (χ2n) is 4.95. The fraction of sp³-hybridized carbons (Fsp3) is 0.500. The average molecular weight is 298 g/mol. The van der Waals surface area contributed by atoms with Gasteiger partial charge in [0, 0.05) is 12.5 Å². The van der Waals surface area contributed by atoms with Gasteiger partial charge in [-0.3, -0.25) is 4.79 Å². The smallest absolute Gasteiger partial charge is 0.238 e.